The molecule has 0 aliphatic carbocycles. The zero-order chi connectivity index (χ0) is 16.7. The monoisotopic (exact) mass is 353 g/mol. The van der Waals surface area contributed by atoms with Crippen LogP contribution in [-0.2, 0) is 10.0 Å². The van der Waals surface area contributed by atoms with Crippen LogP contribution in [-0.4, -0.2) is 8.42 Å². The molecule has 0 radical (unpaired) electrons. The second kappa shape index (κ2) is 5.69. The van der Waals surface area contributed by atoms with Crippen LogP contribution < -0.4 is 4.31 Å². The van der Waals surface area contributed by atoms with Gasteiger partial charge in [0, 0.05) is 9.79 Å². The Morgan fingerprint density at radius 3 is 1.79 bits per heavy atom. The van der Waals surface area contributed by atoms with E-state index in [-0.39, 0.29) is 0 Å². The van der Waals surface area contributed by atoms with Crippen LogP contribution in [0.25, 0.3) is 0 Å². The van der Waals surface area contributed by atoms with Gasteiger partial charge in [0.25, 0.3) is 10.0 Å². The Morgan fingerprint density at radius 1 is 0.750 bits per heavy atom. The van der Waals surface area contributed by atoms with Crippen molar-refractivity contribution in [1.29, 1.82) is 0 Å². The molecule has 1 aliphatic rings. The SMILES string of the molecule is Cc1ccc(S(=O)(=O)N2c3ccccc3Sc3ccccc32)cc1. The first-order chi connectivity index (χ1) is 11.6. The molecule has 4 rings (SSSR count). The highest BCUT2D eigenvalue weighted by molar-refractivity contribution is 8.00. The van der Waals surface area contributed by atoms with E-state index in [9.17, 15) is 8.42 Å². The van der Waals surface area contributed by atoms with Gasteiger partial charge in [-0.05, 0) is 43.3 Å². The number of rotatable bonds is 2. The van der Waals surface area contributed by atoms with Crippen molar-refractivity contribution >= 4 is 33.2 Å². The van der Waals surface area contributed by atoms with Crippen LogP contribution in [0.2, 0.25) is 0 Å². The second-order valence-electron chi connectivity index (χ2n) is 5.62. The maximum Gasteiger partial charge on any atom is 0.268 e. The number of nitrogens with zero attached hydrogens (tertiary/aromatic N) is 1. The van der Waals surface area contributed by atoms with Gasteiger partial charge in [-0.15, -0.1) is 0 Å². The highest BCUT2D eigenvalue weighted by atomic mass is 32.2. The van der Waals surface area contributed by atoms with Crippen molar-refractivity contribution in [2.75, 3.05) is 4.31 Å². The molecule has 0 fully saturated rings. The van der Waals surface area contributed by atoms with Crippen molar-refractivity contribution < 1.29 is 8.42 Å². The molecule has 0 spiro atoms. The summed E-state index contributed by atoms with van der Waals surface area (Å²) in [6, 6.07) is 22.2. The van der Waals surface area contributed by atoms with Crippen molar-refractivity contribution in [3.8, 4) is 0 Å². The van der Waals surface area contributed by atoms with Crippen molar-refractivity contribution in [2.24, 2.45) is 0 Å². The molecule has 1 aliphatic heterocycles. The zero-order valence-corrected chi connectivity index (χ0v) is 14.6. The molecule has 1 heterocycles. The van der Waals surface area contributed by atoms with Gasteiger partial charge in [-0.25, -0.2) is 12.7 Å². The first-order valence-corrected chi connectivity index (χ1v) is 9.81. The molecule has 24 heavy (non-hydrogen) atoms. The second-order valence-corrected chi connectivity index (χ2v) is 8.49. The summed E-state index contributed by atoms with van der Waals surface area (Å²) in [5.41, 5.74) is 2.42. The summed E-state index contributed by atoms with van der Waals surface area (Å²) in [5.74, 6) is 0. The maximum absolute atomic E-state index is 13.3. The van der Waals surface area contributed by atoms with E-state index in [1.165, 1.54) is 4.31 Å². The Hall–Kier alpha value is -2.24. The van der Waals surface area contributed by atoms with Gasteiger partial charge in [0.1, 0.15) is 0 Å². The van der Waals surface area contributed by atoms with E-state index in [4.69, 9.17) is 0 Å². The fourth-order valence-electron chi connectivity index (χ4n) is 2.75. The quantitative estimate of drug-likeness (QED) is 0.651. The average molecular weight is 353 g/mol. The zero-order valence-electron chi connectivity index (χ0n) is 13.0. The van der Waals surface area contributed by atoms with Gasteiger partial charge in [-0.3, -0.25) is 0 Å². The molecule has 0 amide bonds. The normalized spacial score (nSPS) is 13.3. The summed E-state index contributed by atoms with van der Waals surface area (Å²) in [6.45, 7) is 1.94. The topological polar surface area (TPSA) is 37.4 Å². The fourth-order valence-corrected chi connectivity index (χ4v) is 5.45. The molecule has 0 N–H and O–H groups in total. The van der Waals surface area contributed by atoms with E-state index in [2.05, 4.69) is 0 Å². The fraction of sp³-hybridized carbons (Fsp3) is 0.0526. The van der Waals surface area contributed by atoms with E-state index < -0.39 is 10.0 Å². The molecule has 5 heteroatoms. The molecule has 3 aromatic carbocycles. The Morgan fingerprint density at radius 2 is 1.25 bits per heavy atom. The Bertz CT molecular complexity index is 966. The van der Waals surface area contributed by atoms with Gasteiger partial charge in [0.05, 0.1) is 16.3 Å². The number of sulfonamides is 1. The average Bonchev–Trinajstić information content (AvgIpc) is 2.59. The van der Waals surface area contributed by atoms with E-state index in [0.717, 1.165) is 15.4 Å². The highest BCUT2D eigenvalue weighted by Crippen LogP contribution is 2.49. The summed E-state index contributed by atoms with van der Waals surface area (Å²) >= 11 is 1.59. The lowest BCUT2D eigenvalue weighted by molar-refractivity contribution is 0.595. The molecule has 0 aromatic heterocycles. The van der Waals surface area contributed by atoms with Crippen LogP contribution in [0.5, 0.6) is 0 Å². The number of anilines is 2. The van der Waals surface area contributed by atoms with Crippen LogP contribution in [0, 0.1) is 6.92 Å². The van der Waals surface area contributed by atoms with Gasteiger partial charge in [0.15, 0.2) is 0 Å². The van der Waals surface area contributed by atoms with E-state index >= 15 is 0 Å². The largest absolute Gasteiger partial charge is 0.268 e. The molecule has 3 aromatic rings. The van der Waals surface area contributed by atoms with Crippen LogP contribution in [0.15, 0.2) is 87.5 Å². The third kappa shape index (κ3) is 2.41. The van der Waals surface area contributed by atoms with Crippen LogP contribution >= 0.6 is 11.8 Å². The highest BCUT2D eigenvalue weighted by Gasteiger charge is 2.33. The van der Waals surface area contributed by atoms with Gasteiger partial charge in [0.2, 0.25) is 0 Å². The molecular formula is C19H15NO2S2. The number of hydrogen-bond donors (Lipinski definition) is 0. The van der Waals surface area contributed by atoms with Crippen molar-refractivity contribution in [3.63, 3.8) is 0 Å². The first-order valence-electron chi connectivity index (χ1n) is 7.55. The Labute approximate surface area is 146 Å². The van der Waals surface area contributed by atoms with E-state index in [1.54, 1.807) is 23.9 Å². The summed E-state index contributed by atoms with van der Waals surface area (Å²) in [7, 11) is -3.69. The summed E-state index contributed by atoms with van der Waals surface area (Å²) in [6.07, 6.45) is 0. The smallest absolute Gasteiger partial charge is 0.232 e. The Balaban J connectivity index is 1.96. The molecule has 0 bridgehead atoms. The predicted molar refractivity (Wildman–Crippen MR) is 97.5 cm³/mol. The molecule has 0 unspecified atom stereocenters. The molecule has 120 valence electrons. The number of benzene rings is 3. The van der Waals surface area contributed by atoms with Crippen molar-refractivity contribution in [1.82, 2.24) is 0 Å². The lowest BCUT2D eigenvalue weighted by atomic mass is 10.2. The number of aryl methyl sites for hydroxylation is 1. The van der Waals surface area contributed by atoms with Gasteiger partial charge >= 0.3 is 0 Å². The molecule has 3 nitrogen and oxygen atoms in total. The lowest BCUT2D eigenvalue weighted by Gasteiger charge is -2.31. The third-order valence-electron chi connectivity index (χ3n) is 3.95. The standard InChI is InChI=1S/C19H15NO2S2/c1-14-10-12-15(13-11-14)24(21,22)20-16-6-2-4-8-18(16)23-19-9-5-3-7-17(19)20/h2-13H,1H3. The molecule has 0 saturated heterocycles. The molecule has 0 atom stereocenters. The van der Waals surface area contributed by atoms with E-state index in [0.29, 0.717) is 16.3 Å². The summed E-state index contributed by atoms with van der Waals surface area (Å²) in [5, 5.41) is 0. The third-order valence-corrected chi connectivity index (χ3v) is 6.82. The maximum atomic E-state index is 13.3. The van der Waals surface area contributed by atoms with E-state index in [1.807, 2.05) is 67.6 Å². The summed E-state index contributed by atoms with van der Waals surface area (Å²) in [4.78, 5) is 2.17. The number of fused-ring (bicyclic) bond motifs is 2. The molecule has 0 saturated carbocycles. The van der Waals surface area contributed by atoms with Gasteiger partial charge in [-0.1, -0.05) is 53.7 Å². The van der Waals surface area contributed by atoms with Crippen LogP contribution in [0.3, 0.4) is 0 Å². The minimum atomic E-state index is -3.69. The number of para-hydroxylation sites is 2. The number of hydrogen-bond acceptors (Lipinski definition) is 3. The Kier molecular flexibility index (Phi) is 3.62. The van der Waals surface area contributed by atoms with Crippen molar-refractivity contribution in [3.05, 3.63) is 78.4 Å². The van der Waals surface area contributed by atoms with Crippen LogP contribution in [0.4, 0.5) is 11.4 Å². The minimum absolute atomic E-state index is 0.296. The summed E-state index contributed by atoms with van der Waals surface area (Å²) < 4.78 is 28.1. The first kappa shape index (κ1) is 15.3. The van der Waals surface area contributed by atoms with Crippen LogP contribution in [0.1, 0.15) is 5.56 Å². The predicted octanol–water partition coefficient (Wildman–Crippen LogP) is 4.99. The van der Waals surface area contributed by atoms with Crippen molar-refractivity contribution in [2.45, 2.75) is 21.6 Å². The minimum Gasteiger partial charge on any atom is -0.232 e. The molecular weight excluding hydrogens is 338 g/mol. The van der Waals surface area contributed by atoms with Gasteiger partial charge in [-0.2, -0.15) is 0 Å². The lowest BCUT2D eigenvalue weighted by Crippen LogP contribution is -2.28. The van der Waals surface area contributed by atoms with Gasteiger partial charge < -0.3 is 0 Å².